The molecule has 0 spiro atoms. The van der Waals surface area contributed by atoms with Crippen LogP contribution in [0.15, 0.2) is 24.3 Å². The van der Waals surface area contributed by atoms with E-state index in [0.717, 1.165) is 0 Å². The largest absolute Gasteiger partial charge is 0.484 e. The quantitative estimate of drug-likeness (QED) is 0.758. The third-order valence-corrected chi connectivity index (χ3v) is 5.29. The summed E-state index contributed by atoms with van der Waals surface area (Å²) in [5, 5.41) is 0. The average Bonchev–Trinajstić information content (AvgIpc) is 2.69. The number of piperazine rings is 1. The zero-order valence-corrected chi connectivity index (χ0v) is 16.8. The first-order chi connectivity index (χ1) is 12.5. The fraction of sp³-hybridized carbons (Fsp3) is 0.579. The van der Waals surface area contributed by atoms with E-state index in [1.54, 1.807) is 4.90 Å². The Bertz CT molecular complexity index is 607. The maximum absolute atomic E-state index is 12.9. The van der Waals surface area contributed by atoms with Crippen LogP contribution in [0.1, 0.15) is 26.7 Å². The lowest BCUT2D eigenvalue weighted by atomic mass is 9.81. The SMILES string of the molecule is CCC(CC)(CN)C(=O)N1CCN(C(=O)COc2ccc(F)cc2)CC1.Cl. The van der Waals surface area contributed by atoms with Gasteiger partial charge in [-0.05, 0) is 37.1 Å². The minimum atomic E-state index is -0.502. The second-order valence-electron chi connectivity index (χ2n) is 6.61. The summed E-state index contributed by atoms with van der Waals surface area (Å²) in [6, 6.07) is 5.55. The lowest BCUT2D eigenvalue weighted by Crippen LogP contribution is -2.56. The van der Waals surface area contributed by atoms with Gasteiger partial charge in [0.1, 0.15) is 11.6 Å². The Hall–Kier alpha value is -1.86. The number of ether oxygens (including phenoxy) is 1. The fourth-order valence-electron chi connectivity index (χ4n) is 3.19. The number of halogens is 2. The molecule has 1 heterocycles. The van der Waals surface area contributed by atoms with E-state index in [0.29, 0.717) is 51.3 Å². The van der Waals surface area contributed by atoms with E-state index in [1.807, 2.05) is 18.7 Å². The van der Waals surface area contributed by atoms with Crippen molar-refractivity contribution in [3.05, 3.63) is 30.1 Å². The number of nitrogens with zero attached hydrogens (tertiary/aromatic N) is 2. The second-order valence-corrected chi connectivity index (χ2v) is 6.61. The highest BCUT2D eigenvalue weighted by molar-refractivity contribution is 5.85. The molecule has 1 fully saturated rings. The van der Waals surface area contributed by atoms with E-state index in [-0.39, 0.29) is 36.6 Å². The highest BCUT2D eigenvalue weighted by Crippen LogP contribution is 2.28. The van der Waals surface area contributed by atoms with E-state index >= 15 is 0 Å². The van der Waals surface area contributed by atoms with Crippen LogP contribution >= 0.6 is 12.4 Å². The highest BCUT2D eigenvalue weighted by atomic mass is 35.5. The molecule has 6 nitrogen and oxygen atoms in total. The van der Waals surface area contributed by atoms with Gasteiger partial charge in [-0.1, -0.05) is 13.8 Å². The van der Waals surface area contributed by atoms with Crippen LogP contribution in [0.5, 0.6) is 5.75 Å². The number of hydrogen-bond acceptors (Lipinski definition) is 4. The topological polar surface area (TPSA) is 75.9 Å². The van der Waals surface area contributed by atoms with Crippen molar-refractivity contribution in [1.29, 1.82) is 0 Å². The molecule has 0 aromatic heterocycles. The van der Waals surface area contributed by atoms with Gasteiger partial charge in [-0.25, -0.2) is 4.39 Å². The molecule has 1 aromatic carbocycles. The van der Waals surface area contributed by atoms with Crippen LogP contribution in [0, 0.1) is 11.2 Å². The summed E-state index contributed by atoms with van der Waals surface area (Å²) in [5.74, 6) is 0.0431. The van der Waals surface area contributed by atoms with Crippen molar-refractivity contribution in [3.8, 4) is 5.75 Å². The van der Waals surface area contributed by atoms with Crippen LogP contribution in [0.25, 0.3) is 0 Å². The van der Waals surface area contributed by atoms with Gasteiger partial charge in [0.2, 0.25) is 5.91 Å². The number of hydrogen-bond donors (Lipinski definition) is 1. The normalized spacial score (nSPS) is 14.5. The molecule has 1 aliphatic heterocycles. The van der Waals surface area contributed by atoms with Crippen LogP contribution in [-0.2, 0) is 9.59 Å². The zero-order chi connectivity index (χ0) is 19.2. The molecule has 2 N–H and O–H groups in total. The maximum Gasteiger partial charge on any atom is 0.260 e. The van der Waals surface area contributed by atoms with Gasteiger partial charge in [0, 0.05) is 32.7 Å². The first kappa shape index (κ1) is 23.2. The van der Waals surface area contributed by atoms with Crippen molar-refractivity contribution in [1.82, 2.24) is 9.80 Å². The van der Waals surface area contributed by atoms with Crippen molar-refractivity contribution in [2.45, 2.75) is 26.7 Å². The van der Waals surface area contributed by atoms with E-state index in [4.69, 9.17) is 10.5 Å². The third kappa shape index (κ3) is 5.56. The highest BCUT2D eigenvalue weighted by Gasteiger charge is 2.38. The summed E-state index contributed by atoms with van der Waals surface area (Å²) >= 11 is 0. The fourth-order valence-corrected chi connectivity index (χ4v) is 3.19. The minimum absolute atomic E-state index is 0. The molecule has 1 aromatic rings. The first-order valence-electron chi connectivity index (χ1n) is 9.11. The van der Waals surface area contributed by atoms with Gasteiger partial charge in [0.05, 0.1) is 5.41 Å². The van der Waals surface area contributed by atoms with E-state index < -0.39 is 5.41 Å². The van der Waals surface area contributed by atoms with Crippen LogP contribution in [0.4, 0.5) is 4.39 Å². The molecule has 0 unspecified atom stereocenters. The van der Waals surface area contributed by atoms with Crippen molar-refractivity contribution in [2.24, 2.45) is 11.1 Å². The Morgan fingerprint density at radius 3 is 2.07 bits per heavy atom. The molecular formula is C19H29ClFN3O3. The van der Waals surface area contributed by atoms with E-state index in [1.165, 1.54) is 24.3 Å². The molecular weight excluding hydrogens is 373 g/mol. The molecule has 2 rings (SSSR count). The Balaban J connectivity index is 0.00000364. The Kier molecular flexibility index (Phi) is 8.99. The molecule has 8 heteroatoms. The molecule has 0 bridgehead atoms. The number of nitrogens with two attached hydrogens (primary N) is 1. The summed E-state index contributed by atoms with van der Waals surface area (Å²) < 4.78 is 18.3. The molecule has 152 valence electrons. The Morgan fingerprint density at radius 2 is 1.59 bits per heavy atom. The number of carbonyl (C=O) groups is 2. The van der Waals surface area contributed by atoms with Gasteiger partial charge in [-0.3, -0.25) is 9.59 Å². The Labute approximate surface area is 166 Å². The van der Waals surface area contributed by atoms with Gasteiger partial charge in [0.25, 0.3) is 5.91 Å². The molecule has 27 heavy (non-hydrogen) atoms. The standard InChI is InChI=1S/C19H28FN3O3.ClH/c1-3-19(4-2,14-21)18(25)23-11-9-22(10-12-23)17(24)13-26-16-7-5-15(20)6-8-16;/h5-8H,3-4,9-14,21H2,1-2H3;1H. The van der Waals surface area contributed by atoms with Crippen molar-refractivity contribution < 1.29 is 18.7 Å². The lowest BCUT2D eigenvalue weighted by molar-refractivity contribution is -0.147. The predicted molar refractivity (Wildman–Crippen MR) is 104 cm³/mol. The van der Waals surface area contributed by atoms with E-state index in [2.05, 4.69) is 0 Å². The summed E-state index contributed by atoms with van der Waals surface area (Å²) in [6.45, 7) is 6.17. The monoisotopic (exact) mass is 401 g/mol. The van der Waals surface area contributed by atoms with Crippen molar-refractivity contribution in [2.75, 3.05) is 39.3 Å². The average molecular weight is 402 g/mol. The maximum atomic E-state index is 12.9. The number of benzene rings is 1. The third-order valence-electron chi connectivity index (χ3n) is 5.29. The molecule has 1 aliphatic rings. The van der Waals surface area contributed by atoms with Gasteiger partial charge >= 0.3 is 0 Å². The molecule has 1 saturated heterocycles. The molecule has 0 atom stereocenters. The number of amides is 2. The summed E-state index contributed by atoms with van der Waals surface area (Å²) in [7, 11) is 0. The summed E-state index contributed by atoms with van der Waals surface area (Å²) in [6.07, 6.45) is 1.42. The predicted octanol–water partition coefficient (Wildman–Crippen LogP) is 2.06. The van der Waals surface area contributed by atoms with Gasteiger partial charge in [-0.2, -0.15) is 0 Å². The molecule has 0 aliphatic carbocycles. The van der Waals surface area contributed by atoms with Gasteiger partial charge in [0.15, 0.2) is 6.61 Å². The zero-order valence-electron chi connectivity index (χ0n) is 15.9. The van der Waals surface area contributed by atoms with Crippen molar-refractivity contribution in [3.63, 3.8) is 0 Å². The van der Waals surface area contributed by atoms with Gasteiger partial charge < -0.3 is 20.3 Å². The second kappa shape index (κ2) is 10.5. The Morgan fingerprint density at radius 1 is 1.07 bits per heavy atom. The van der Waals surface area contributed by atoms with Crippen LogP contribution in [0.2, 0.25) is 0 Å². The number of rotatable bonds is 7. The molecule has 0 radical (unpaired) electrons. The molecule has 2 amide bonds. The first-order valence-corrected chi connectivity index (χ1v) is 9.11. The smallest absolute Gasteiger partial charge is 0.260 e. The number of carbonyl (C=O) groups excluding carboxylic acids is 2. The van der Waals surface area contributed by atoms with E-state index in [9.17, 15) is 14.0 Å². The summed E-state index contributed by atoms with van der Waals surface area (Å²) in [5.41, 5.74) is 5.36. The minimum Gasteiger partial charge on any atom is -0.484 e. The molecule has 0 saturated carbocycles. The summed E-state index contributed by atoms with van der Waals surface area (Å²) in [4.78, 5) is 28.6. The van der Waals surface area contributed by atoms with Crippen LogP contribution in [0.3, 0.4) is 0 Å². The van der Waals surface area contributed by atoms with Gasteiger partial charge in [-0.15, -0.1) is 12.4 Å². The van der Waals surface area contributed by atoms with Crippen LogP contribution in [-0.4, -0.2) is 60.9 Å². The van der Waals surface area contributed by atoms with Crippen molar-refractivity contribution >= 4 is 24.2 Å². The van der Waals surface area contributed by atoms with Crippen LogP contribution < -0.4 is 10.5 Å². The lowest BCUT2D eigenvalue weighted by Gasteiger charge is -2.40.